The van der Waals surface area contributed by atoms with E-state index in [1.54, 1.807) is 17.6 Å². The summed E-state index contributed by atoms with van der Waals surface area (Å²) in [5, 5.41) is 12.2. The molecule has 4 nitrogen and oxygen atoms in total. The number of hydrogen-bond acceptors (Lipinski definition) is 4. The Morgan fingerprint density at radius 2 is 2.26 bits per heavy atom. The monoisotopic (exact) mass is 272 g/mol. The van der Waals surface area contributed by atoms with Crippen LogP contribution in [-0.4, -0.2) is 11.0 Å². The number of nitrogens with one attached hydrogen (secondary N) is 1. The van der Waals surface area contributed by atoms with E-state index in [0.717, 1.165) is 21.4 Å². The fourth-order valence-electron chi connectivity index (χ4n) is 1.86. The van der Waals surface area contributed by atoms with E-state index in [9.17, 15) is 5.21 Å². The highest BCUT2D eigenvalue weighted by Crippen LogP contribution is 2.17. The van der Waals surface area contributed by atoms with Crippen LogP contribution in [0.1, 0.15) is 10.4 Å². The van der Waals surface area contributed by atoms with E-state index in [0.29, 0.717) is 12.4 Å². The summed E-state index contributed by atoms with van der Waals surface area (Å²) in [5.41, 5.74) is 3.81. The van der Waals surface area contributed by atoms with Crippen molar-refractivity contribution in [2.24, 2.45) is 4.99 Å². The zero-order valence-electron chi connectivity index (χ0n) is 10.0. The van der Waals surface area contributed by atoms with Crippen LogP contribution in [-0.2, 0) is 6.54 Å². The standard InChI is InChI=1S/C14H12N2O2S/c17-16-14(15-9-12-2-1-7-19-12)11-3-4-13-10(8-11)5-6-18-13/h1-8,17H,9H2,(H,15,16). The van der Waals surface area contributed by atoms with Gasteiger partial charge in [0.15, 0.2) is 5.84 Å². The lowest BCUT2D eigenvalue weighted by atomic mass is 10.1. The molecular weight excluding hydrogens is 260 g/mol. The first-order valence-corrected chi connectivity index (χ1v) is 6.69. The number of hydroxylamine groups is 1. The number of fused-ring (bicyclic) bond motifs is 1. The largest absolute Gasteiger partial charge is 0.464 e. The van der Waals surface area contributed by atoms with Crippen LogP contribution in [0.15, 0.2) is 57.5 Å². The third-order valence-electron chi connectivity index (χ3n) is 2.80. The van der Waals surface area contributed by atoms with Crippen molar-refractivity contribution in [3.63, 3.8) is 0 Å². The van der Waals surface area contributed by atoms with E-state index in [1.165, 1.54) is 0 Å². The van der Waals surface area contributed by atoms with E-state index in [4.69, 9.17) is 4.42 Å². The molecule has 0 atom stereocenters. The molecule has 19 heavy (non-hydrogen) atoms. The summed E-state index contributed by atoms with van der Waals surface area (Å²) in [5.74, 6) is 0.455. The smallest absolute Gasteiger partial charge is 0.152 e. The second kappa shape index (κ2) is 5.26. The van der Waals surface area contributed by atoms with Crippen molar-refractivity contribution in [2.75, 3.05) is 0 Å². The Morgan fingerprint density at radius 1 is 1.32 bits per heavy atom. The molecule has 2 N–H and O–H groups in total. The van der Waals surface area contributed by atoms with Gasteiger partial charge in [-0.25, -0.2) is 0 Å². The maximum Gasteiger partial charge on any atom is 0.152 e. The van der Waals surface area contributed by atoms with Crippen LogP contribution in [0, 0.1) is 0 Å². The lowest BCUT2D eigenvalue weighted by Crippen LogP contribution is -2.20. The first kappa shape index (κ1) is 12.0. The number of benzene rings is 1. The summed E-state index contributed by atoms with van der Waals surface area (Å²) in [6.45, 7) is 0.546. The molecule has 5 heteroatoms. The molecule has 3 aromatic rings. The van der Waals surface area contributed by atoms with Gasteiger partial charge in [0.1, 0.15) is 5.58 Å². The molecule has 0 saturated carbocycles. The molecule has 0 radical (unpaired) electrons. The summed E-state index contributed by atoms with van der Waals surface area (Å²) in [6, 6.07) is 11.5. The van der Waals surface area contributed by atoms with E-state index < -0.39 is 0 Å². The number of thiophene rings is 1. The van der Waals surface area contributed by atoms with Crippen LogP contribution in [0.3, 0.4) is 0 Å². The Bertz CT molecular complexity index is 701. The highest BCUT2D eigenvalue weighted by atomic mass is 32.1. The van der Waals surface area contributed by atoms with Gasteiger partial charge in [0.25, 0.3) is 0 Å². The number of amidine groups is 1. The van der Waals surface area contributed by atoms with E-state index in [1.807, 2.05) is 41.8 Å². The van der Waals surface area contributed by atoms with Crippen molar-refractivity contribution >= 4 is 28.1 Å². The maximum atomic E-state index is 9.23. The van der Waals surface area contributed by atoms with Crippen molar-refractivity contribution in [3.8, 4) is 0 Å². The molecule has 0 fully saturated rings. The Labute approximate surface area is 114 Å². The van der Waals surface area contributed by atoms with Crippen LogP contribution in [0.2, 0.25) is 0 Å². The van der Waals surface area contributed by atoms with Crippen LogP contribution in [0.4, 0.5) is 0 Å². The van der Waals surface area contributed by atoms with Gasteiger partial charge in [-0.05, 0) is 35.7 Å². The van der Waals surface area contributed by atoms with Crippen LogP contribution < -0.4 is 5.48 Å². The molecule has 0 aliphatic heterocycles. The molecule has 3 rings (SSSR count). The molecule has 2 aromatic heterocycles. The molecule has 0 unspecified atom stereocenters. The van der Waals surface area contributed by atoms with Gasteiger partial charge in [0.05, 0.1) is 12.8 Å². The van der Waals surface area contributed by atoms with Gasteiger partial charge in [-0.2, -0.15) is 0 Å². The Morgan fingerprint density at radius 3 is 3.05 bits per heavy atom. The van der Waals surface area contributed by atoms with Crippen molar-refractivity contribution in [3.05, 3.63) is 58.5 Å². The highest BCUT2D eigenvalue weighted by molar-refractivity contribution is 7.09. The number of hydrogen-bond donors (Lipinski definition) is 2. The van der Waals surface area contributed by atoms with Crippen molar-refractivity contribution in [1.82, 2.24) is 5.48 Å². The number of nitrogens with zero attached hydrogens (tertiary/aromatic N) is 1. The minimum Gasteiger partial charge on any atom is -0.464 e. The fourth-order valence-corrected chi connectivity index (χ4v) is 2.49. The SMILES string of the molecule is ONC(=NCc1cccs1)c1ccc2occc2c1. The van der Waals surface area contributed by atoms with Crippen molar-refractivity contribution in [1.29, 1.82) is 0 Å². The molecule has 96 valence electrons. The summed E-state index contributed by atoms with van der Waals surface area (Å²) in [4.78, 5) is 5.53. The third-order valence-corrected chi connectivity index (χ3v) is 3.67. The number of furan rings is 1. The van der Waals surface area contributed by atoms with Crippen LogP contribution >= 0.6 is 11.3 Å². The average Bonchev–Trinajstić information content (AvgIpc) is 3.09. The molecular formula is C14H12N2O2S. The minimum absolute atomic E-state index is 0.455. The second-order valence-corrected chi connectivity index (χ2v) is 5.06. The normalized spacial score (nSPS) is 11.9. The maximum absolute atomic E-state index is 9.23. The first-order valence-electron chi connectivity index (χ1n) is 5.81. The van der Waals surface area contributed by atoms with Gasteiger partial charge in [0, 0.05) is 15.8 Å². The van der Waals surface area contributed by atoms with E-state index in [-0.39, 0.29) is 0 Å². The number of rotatable bonds is 3. The number of aliphatic imine (C=N–C) groups is 1. The quantitative estimate of drug-likeness (QED) is 0.436. The molecule has 0 saturated heterocycles. The van der Waals surface area contributed by atoms with Gasteiger partial charge < -0.3 is 4.42 Å². The van der Waals surface area contributed by atoms with Gasteiger partial charge in [-0.1, -0.05) is 6.07 Å². The molecule has 0 amide bonds. The van der Waals surface area contributed by atoms with E-state index in [2.05, 4.69) is 10.5 Å². The van der Waals surface area contributed by atoms with Crippen molar-refractivity contribution in [2.45, 2.75) is 6.54 Å². The topological polar surface area (TPSA) is 57.8 Å². The summed E-state index contributed by atoms with van der Waals surface area (Å²) >= 11 is 1.64. The predicted octanol–water partition coefficient (Wildman–Crippen LogP) is 3.42. The molecule has 0 aliphatic carbocycles. The van der Waals surface area contributed by atoms with Crippen molar-refractivity contribution < 1.29 is 9.62 Å². The molecule has 0 spiro atoms. The third kappa shape index (κ3) is 2.52. The zero-order valence-corrected chi connectivity index (χ0v) is 10.9. The molecule has 0 bridgehead atoms. The first-order chi connectivity index (χ1) is 9.36. The van der Waals surface area contributed by atoms with Gasteiger partial charge in [-0.3, -0.25) is 15.7 Å². The minimum atomic E-state index is 0.455. The molecule has 2 heterocycles. The Balaban J connectivity index is 1.90. The second-order valence-electron chi connectivity index (χ2n) is 4.03. The average molecular weight is 272 g/mol. The van der Waals surface area contributed by atoms with E-state index >= 15 is 0 Å². The predicted molar refractivity (Wildman–Crippen MR) is 75.7 cm³/mol. The summed E-state index contributed by atoms with van der Waals surface area (Å²) < 4.78 is 5.28. The fraction of sp³-hybridized carbons (Fsp3) is 0.0714. The molecule has 1 aromatic carbocycles. The van der Waals surface area contributed by atoms with Gasteiger partial charge in [0.2, 0.25) is 0 Å². The van der Waals surface area contributed by atoms with Crippen LogP contribution in [0.25, 0.3) is 11.0 Å². The highest BCUT2D eigenvalue weighted by Gasteiger charge is 2.05. The van der Waals surface area contributed by atoms with Gasteiger partial charge >= 0.3 is 0 Å². The Hall–Kier alpha value is -2.11. The van der Waals surface area contributed by atoms with Gasteiger partial charge in [-0.15, -0.1) is 11.3 Å². The summed E-state index contributed by atoms with van der Waals surface area (Å²) in [6.07, 6.45) is 1.64. The summed E-state index contributed by atoms with van der Waals surface area (Å²) in [7, 11) is 0. The lowest BCUT2D eigenvalue weighted by molar-refractivity contribution is 0.234. The zero-order chi connectivity index (χ0) is 13.1. The lowest BCUT2D eigenvalue weighted by Gasteiger charge is -2.04. The van der Waals surface area contributed by atoms with Crippen LogP contribution in [0.5, 0.6) is 0 Å². The molecule has 0 aliphatic rings. The Kier molecular flexibility index (Phi) is 3.31.